The first-order valence-electron chi connectivity index (χ1n) is 6.36. The van der Waals surface area contributed by atoms with Crippen molar-refractivity contribution in [2.45, 2.75) is 19.3 Å². The molecule has 0 unspecified atom stereocenters. The van der Waals surface area contributed by atoms with Crippen LogP contribution in [0.2, 0.25) is 0 Å². The van der Waals surface area contributed by atoms with Gasteiger partial charge in [0.25, 0.3) is 0 Å². The molecule has 1 rings (SSSR count). The standard InChI is InChI=1S/C14H22N4O/c1-17(2)15-10-8-12-6-5-7-13(14(12)19)9-11-16-18(3)4/h8-11H,5-7H2,1-4H3/b12-8+,13-9+,15-10-,16-11-. The van der Waals surface area contributed by atoms with E-state index >= 15 is 0 Å². The summed E-state index contributed by atoms with van der Waals surface area (Å²) in [4.78, 5) is 12.2. The van der Waals surface area contributed by atoms with Gasteiger partial charge in [-0.2, -0.15) is 10.2 Å². The van der Waals surface area contributed by atoms with Gasteiger partial charge in [-0.15, -0.1) is 0 Å². The van der Waals surface area contributed by atoms with E-state index in [0.717, 1.165) is 30.4 Å². The number of carbonyl (C=O) groups is 1. The lowest BCUT2D eigenvalue weighted by Crippen LogP contribution is -2.13. The highest BCUT2D eigenvalue weighted by atomic mass is 16.1. The third kappa shape index (κ3) is 5.50. The number of carbonyl (C=O) groups excluding carboxylic acids is 1. The van der Waals surface area contributed by atoms with Crippen LogP contribution in [-0.2, 0) is 4.79 Å². The Kier molecular flexibility index (Phi) is 5.99. The Bertz CT molecular complexity index is 393. The van der Waals surface area contributed by atoms with Gasteiger partial charge in [-0.05, 0) is 31.4 Å². The van der Waals surface area contributed by atoms with E-state index in [9.17, 15) is 4.79 Å². The molecule has 0 radical (unpaired) electrons. The topological polar surface area (TPSA) is 48.3 Å². The highest BCUT2D eigenvalue weighted by Gasteiger charge is 2.19. The maximum Gasteiger partial charge on any atom is 0.185 e. The lowest BCUT2D eigenvalue weighted by atomic mass is 9.88. The molecule has 0 N–H and O–H groups in total. The van der Waals surface area contributed by atoms with Crippen molar-refractivity contribution in [3.8, 4) is 0 Å². The monoisotopic (exact) mass is 262 g/mol. The summed E-state index contributed by atoms with van der Waals surface area (Å²) in [6.45, 7) is 0. The second-order valence-corrected chi connectivity index (χ2v) is 4.79. The molecule has 0 spiro atoms. The van der Waals surface area contributed by atoms with Crippen molar-refractivity contribution >= 4 is 18.2 Å². The molecule has 1 fully saturated rings. The average Bonchev–Trinajstić information content (AvgIpc) is 2.32. The van der Waals surface area contributed by atoms with Crippen molar-refractivity contribution in [1.82, 2.24) is 10.0 Å². The number of nitrogens with zero attached hydrogens (tertiary/aromatic N) is 4. The van der Waals surface area contributed by atoms with Crippen LogP contribution in [0, 0.1) is 0 Å². The van der Waals surface area contributed by atoms with Crippen LogP contribution in [0.1, 0.15) is 19.3 Å². The highest BCUT2D eigenvalue weighted by Crippen LogP contribution is 2.23. The van der Waals surface area contributed by atoms with E-state index in [1.807, 2.05) is 28.2 Å². The van der Waals surface area contributed by atoms with Crippen molar-refractivity contribution in [1.29, 1.82) is 0 Å². The first kappa shape index (κ1) is 15.1. The van der Waals surface area contributed by atoms with Crippen LogP contribution >= 0.6 is 0 Å². The maximum absolute atomic E-state index is 12.2. The lowest BCUT2D eigenvalue weighted by molar-refractivity contribution is -0.113. The Morgan fingerprint density at radius 3 is 1.68 bits per heavy atom. The third-order valence-corrected chi connectivity index (χ3v) is 2.62. The number of Topliss-reactive ketones (excluding diaryl/α,β-unsaturated/α-hetero) is 1. The number of ketones is 1. The molecule has 1 saturated carbocycles. The molecule has 0 heterocycles. The Morgan fingerprint density at radius 1 is 0.895 bits per heavy atom. The zero-order valence-corrected chi connectivity index (χ0v) is 12.1. The molecule has 1 aliphatic carbocycles. The van der Waals surface area contributed by atoms with E-state index in [2.05, 4.69) is 10.2 Å². The van der Waals surface area contributed by atoms with Crippen molar-refractivity contribution in [2.24, 2.45) is 10.2 Å². The van der Waals surface area contributed by atoms with Crippen LogP contribution in [0.15, 0.2) is 33.5 Å². The van der Waals surface area contributed by atoms with Gasteiger partial charge in [0.05, 0.1) is 0 Å². The van der Waals surface area contributed by atoms with E-state index < -0.39 is 0 Å². The predicted octanol–water partition coefficient (Wildman–Crippen LogP) is 1.69. The number of hydrogen-bond donors (Lipinski definition) is 0. The van der Waals surface area contributed by atoms with Gasteiger partial charge in [-0.25, -0.2) is 0 Å². The molecule has 19 heavy (non-hydrogen) atoms. The summed E-state index contributed by atoms with van der Waals surface area (Å²) in [7, 11) is 7.39. The minimum atomic E-state index is 0.113. The minimum absolute atomic E-state index is 0.113. The third-order valence-electron chi connectivity index (χ3n) is 2.62. The van der Waals surface area contributed by atoms with E-state index in [1.165, 1.54) is 0 Å². The van der Waals surface area contributed by atoms with Crippen LogP contribution in [0.4, 0.5) is 0 Å². The normalized spacial score (nSPS) is 20.9. The van der Waals surface area contributed by atoms with Gasteiger partial charge in [0, 0.05) is 51.8 Å². The molecule has 0 aromatic carbocycles. The number of hydrogen-bond acceptors (Lipinski definition) is 5. The SMILES string of the molecule is CN(C)/N=C\C=C1/CCC/C(=C\C=N/N(C)C)C1=O. The fourth-order valence-electron chi connectivity index (χ4n) is 1.73. The molecular weight excluding hydrogens is 240 g/mol. The van der Waals surface area contributed by atoms with Gasteiger partial charge in [0.2, 0.25) is 0 Å². The summed E-state index contributed by atoms with van der Waals surface area (Å²) < 4.78 is 0. The number of rotatable bonds is 4. The summed E-state index contributed by atoms with van der Waals surface area (Å²) in [6.07, 6.45) is 9.58. The predicted molar refractivity (Wildman–Crippen MR) is 79.4 cm³/mol. The lowest BCUT2D eigenvalue weighted by Gasteiger charge is -2.15. The molecule has 0 aliphatic heterocycles. The van der Waals surface area contributed by atoms with Gasteiger partial charge >= 0.3 is 0 Å². The van der Waals surface area contributed by atoms with Gasteiger partial charge in [0.1, 0.15) is 0 Å². The number of hydrazone groups is 2. The maximum atomic E-state index is 12.2. The molecule has 0 amide bonds. The zero-order valence-electron chi connectivity index (χ0n) is 12.1. The Hall–Kier alpha value is -1.91. The molecule has 0 bridgehead atoms. The fraction of sp³-hybridized carbons (Fsp3) is 0.500. The highest BCUT2D eigenvalue weighted by molar-refractivity contribution is 6.12. The van der Waals surface area contributed by atoms with E-state index in [-0.39, 0.29) is 5.78 Å². The largest absolute Gasteiger partial charge is 0.303 e. The molecule has 1 aliphatic rings. The molecule has 0 saturated heterocycles. The summed E-state index contributed by atoms with van der Waals surface area (Å²) in [6, 6.07) is 0. The second-order valence-electron chi connectivity index (χ2n) is 4.79. The van der Waals surface area contributed by atoms with Crippen LogP contribution < -0.4 is 0 Å². The molecule has 0 atom stereocenters. The van der Waals surface area contributed by atoms with E-state index in [4.69, 9.17) is 0 Å². The summed E-state index contributed by atoms with van der Waals surface area (Å²) >= 11 is 0. The van der Waals surface area contributed by atoms with Crippen molar-refractivity contribution in [2.75, 3.05) is 28.2 Å². The minimum Gasteiger partial charge on any atom is -0.303 e. The van der Waals surface area contributed by atoms with Crippen molar-refractivity contribution < 1.29 is 4.79 Å². The summed E-state index contributed by atoms with van der Waals surface area (Å²) in [5, 5.41) is 11.6. The Morgan fingerprint density at radius 2 is 1.32 bits per heavy atom. The van der Waals surface area contributed by atoms with Gasteiger partial charge in [-0.3, -0.25) is 4.79 Å². The zero-order chi connectivity index (χ0) is 14.3. The number of allylic oxidation sites excluding steroid dienone is 4. The second kappa shape index (κ2) is 7.51. The molecular formula is C14H22N4O. The summed E-state index contributed by atoms with van der Waals surface area (Å²) in [5.41, 5.74) is 1.64. The quantitative estimate of drug-likeness (QED) is 0.440. The van der Waals surface area contributed by atoms with Crippen LogP contribution in [0.5, 0.6) is 0 Å². The Labute approximate surface area is 115 Å². The first-order chi connectivity index (χ1) is 9.00. The van der Waals surface area contributed by atoms with E-state index in [0.29, 0.717) is 0 Å². The molecule has 104 valence electrons. The average molecular weight is 262 g/mol. The summed E-state index contributed by atoms with van der Waals surface area (Å²) in [5.74, 6) is 0.113. The first-order valence-corrected chi connectivity index (χ1v) is 6.36. The molecule has 0 aromatic heterocycles. The molecule has 0 aromatic rings. The van der Waals surface area contributed by atoms with Crippen molar-refractivity contribution in [3.63, 3.8) is 0 Å². The smallest absolute Gasteiger partial charge is 0.185 e. The van der Waals surface area contributed by atoms with Crippen LogP contribution in [0.25, 0.3) is 0 Å². The molecule has 5 nitrogen and oxygen atoms in total. The van der Waals surface area contributed by atoms with Gasteiger partial charge < -0.3 is 10.0 Å². The van der Waals surface area contributed by atoms with Crippen LogP contribution in [0.3, 0.4) is 0 Å². The Balaban J connectivity index is 2.76. The van der Waals surface area contributed by atoms with E-state index in [1.54, 1.807) is 34.6 Å². The van der Waals surface area contributed by atoms with Gasteiger partial charge in [-0.1, -0.05) is 0 Å². The van der Waals surface area contributed by atoms with Crippen LogP contribution in [-0.4, -0.2) is 56.4 Å². The van der Waals surface area contributed by atoms with Crippen molar-refractivity contribution in [3.05, 3.63) is 23.3 Å². The fourth-order valence-corrected chi connectivity index (χ4v) is 1.73. The molecule has 5 heteroatoms. The van der Waals surface area contributed by atoms with Gasteiger partial charge in [0.15, 0.2) is 5.78 Å².